The van der Waals surface area contributed by atoms with Crippen LogP contribution in [0.15, 0.2) is 0 Å². The molecule has 3 atom stereocenters. The summed E-state index contributed by atoms with van der Waals surface area (Å²) in [6, 6.07) is -0.185. The molecule has 2 radical (unpaired) electrons. The SMILES string of the molecule is [B][C@@H]1CCC(C)N1C(=O)[C@H](C)N. The molecule has 0 saturated carbocycles. The molecule has 0 bridgehead atoms. The van der Waals surface area contributed by atoms with Crippen LogP contribution in [0.3, 0.4) is 0 Å². The number of likely N-dealkylation sites (tertiary alicyclic amines) is 1. The first kappa shape index (κ1) is 9.58. The van der Waals surface area contributed by atoms with Gasteiger partial charge in [0.05, 0.1) is 13.9 Å². The minimum atomic E-state index is -0.434. The Balaban J connectivity index is 2.66. The molecule has 4 heteroatoms. The number of hydrogen-bond donors (Lipinski definition) is 1. The predicted octanol–water partition coefficient (Wildman–Crippen LogP) is -0.161. The molecular weight excluding hydrogens is 151 g/mol. The lowest BCUT2D eigenvalue weighted by Crippen LogP contribution is -2.47. The fraction of sp³-hybridized carbons (Fsp3) is 0.875. The van der Waals surface area contributed by atoms with Crippen LogP contribution in [0, 0.1) is 0 Å². The van der Waals surface area contributed by atoms with Gasteiger partial charge in [0.15, 0.2) is 0 Å². The van der Waals surface area contributed by atoms with Crippen molar-refractivity contribution in [1.29, 1.82) is 0 Å². The molecule has 0 aromatic heterocycles. The van der Waals surface area contributed by atoms with E-state index in [2.05, 4.69) is 0 Å². The molecule has 1 rings (SSSR count). The number of amides is 1. The maximum Gasteiger partial charge on any atom is 0.238 e. The molecule has 1 unspecified atom stereocenters. The summed E-state index contributed by atoms with van der Waals surface area (Å²) in [5, 5.41) is 0. The lowest BCUT2D eigenvalue weighted by atomic mass is 9.94. The zero-order valence-electron chi connectivity index (χ0n) is 7.66. The van der Waals surface area contributed by atoms with Crippen molar-refractivity contribution >= 4 is 13.8 Å². The summed E-state index contributed by atoms with van der Waals surface area (Å²) in [6.45, 7) is 3.70. The highest BCUT2D eigenvalue weighted by Gasteiger charge is 2.31. The maximum atomic E-state index is 11.5. The first-order chi connectivity index (χ1) is 5.54. The van der Waals surface area contributed by atoms with Crippen LogP contribution in [0.2, 0.25) is 0 Å². The Kier molecular flexibility index (Phi) is 2.78. The summed E-state index contributed by atoms with van der Waals surface area (Å²) in [7, 11) is 5.76. The van der Waals surface area contributed by atoms with Crippen molar-refractivity contribution in [3.05, 3.63) is 0 Å². The quantitative estimate of drug-likeness (QED) is 0.550. The summed E-state index contributed by atoms with van der Waals surface area (Å²) in [5.74, 6) is -0.161. The molecule has 3 nitrogen and oxygen atoms in total. The highest BCUT2D eigenvalue weighted by atomic mass is 16.2. The predicted molar refractivity (Wildman–Crippen MR) is 48.7 cm³/mol. The average Bonchev–Trinajstić information content (AvgIpc) is 2.30. The van der Waals surface area contributed by atoms with Gasteiger partial charge in [0.1, 0.15) is 0 Å². The van der Waals surface area contributed by atoms with E-state index in [1.54, 1.807) is 11.8 Å². The van der Waals surface area contributed by atoms with E-state index >= 15 is 0 Å². The molecule has 0 aromatic rings. The first-order valence-electron chi connectivity index (χ1n) is 4.37. The number of carbonyl (C=O) groups is 1. The highest BCUT2D eigenvalue weighted by molar-refractivity contribution is 6.13. The van der Waals surface area contributed by atoms with Crippen molar-refractivity contribution in [1.82, 2.24) is 4.90 Å². The van der Waals surface area contributed by atoms with Crippen LogP contribution in [0.25, 0.3) is 0 Å². The molecule has 1 aliphatic rings. The Labute approximate surface area is 74.7 Å². The molecule has 1 fully saturated rings. The minimum Gasteiger partial charge on any atom is -0.345 e. The molecule has 1 aliphatic heterocycles. The van der Waals surface area contributed by atoms with Gasteiger partial charge in [-0.1, -0.05) is 0 Å². The van der Waals surface area contributed by atoms with Crippen LogP contribution >= 0.6 is 0 Å². The third-order valence-electron chi connectivity index (χ3n) is 2.36. The average molecular weight is 166 g/mol. The van der Waals surface area contributed by atoms with Gasteiger partial charge in [-0.25, -0.2) is 0 Å². The van der Waals surface area contributed by atoms with E-state index in [1.807, 2.05) is 6.92 Å². The van der Waals surface area contributed by atoms with E-state index in [1.165, 1.54) is 0 Å². The van der Waals surface area contributed by atoms with Gasteiger partial charge in [-0.3, -0.25) is 4.79 Å². The third kappa shape index (κ3) is 1.63. The largest absolute Gasteiger partial charge is 0.345 e. The zero-order chi connectivity index (χ0) is 9.30. The van der Waals surface area contributed by atoms with Crippen LogP contribution in [-0.4, -0.2) is 36.7 Å². The number of nitrogens with zero attached hydrogens (tertiary/aromatic N) is 1. The fourth-order valence-corrected chi connectivity index (χ4v) is 1.63. The van der Waals surface area contributed by atoms with Gasteiger partial charge in [-0.05, 0) is 32.6 Å². The number of rotatable bonds is 1. The highest BCUT2D eigenvalue weighted by Crippen LogP contribution is 2.22. The van der Waals surface area contributed by atoms with Crippen LogP contribution < -0.4 is 5.73 Å². The van der Waals surface area contributed by atoms with E-state index in [9.17, 15) is 4.79 Å². The van der Waals surface area contributed by atoms with E-state index in [4.69, 9.17) is 13.6 Å². The van der Waals surface area contributed by atoms with Gasteiger partial charge in [0.2, 0.25) is 5.91 Å². The summed E-state index contributed by atoms with van der Waals surface area (Å²) in [6.07, 6.45) is 1.87. The van der Waals surface area contributed by atoms with Crippen molar-refractivity contribution in [3.63, 3.8) is 0 Å². The van der Waals surface area contributed by atoms with Gasteiger partial charge < -0.3 is 10.6 Å². The third-order valence-corrected chi connectivity index (χ3v) is 2.36. The Morgan fingerprint density at radius 3 is 2.58 bits per heavy atom. The molecule has 66 valence electrons. The van der Waals surface area contributed by atoms with Gasteiger partial charge in [0.25, 0.3) is 0 Å². The molecule has 1 saturated heterocycles. The first-order valence-corrected chi connectivity index (χ1v) is 4.37. The van der Waals surface area contributed by atoms with E-state index in [0.717, 1.165) is 12.8 Å². The Morgan fingerprint density at radius 1 is 1.67 bits per heavy atom. The summed E-state index contributed by atoms with van der Waals surface area (Å²) in [5.41, 5.74) is 5.49. The standard InChI is InChI=1S/C8H15BN2O/c1-5-3-4-7(9)11(5)8(12)6(2)10/h5-7H,3-4,10H2,1-2H3/t5?,6-,7-/m0/s1. The normalized spacial score (nSPS) is 32.1. The topological polar surface area (TPSA) is 46.3 Å². The molecule has 0 aromatic carbocycles. The molecule has 2 N–H and O–H groups in total. The summed E-state index contributed by atoms with van der Waals surface area (Å²) < 4.78 is 0. The molecule has 1 heterocycles. The second kappa shape index (κ2) is 3.48. The number of nitrogens with two attached hydrogens (primary N) is 1. The number of hydrogen-bond acceptors (Lipinski definition) is 2. The van der Waals surface area contributed by atoms with Crippen molar-refractivity contribution in [3.8, 4) is 0 Å². The second-order valence-electron chi connectivity index (χ2n) is 3.53. The second-order valence-corrected chi connectivity index (χ2v) is 3.53. The Morgan fingerprint density at radius 2 is 2.25 bits per heavy atom. The van der Waals surface area contributed by atoms with Crippen LogP contribution in [0.1, 0.15) is 26.7 Å². The summed E-state index contributed by atoms with van der Waals surface area (Å²) in [4.78, 5) is 13.2. The smallest absolute Gasteiger partial charge is 0.238 e. The lowest BCUT2D eigenvalue weighted by Gasteiger charge is -2.28. The molecule has 1 amide bonds. The molecule has 0 aliphatic carbocycles. The van der Waals surface area contributed by atoms with Gasteiger partial charge in [-0.15, -0.1) is 0 Å². The monoisotopic (exact) mass is 166 g/mol. The van der Waals surface area contributed by atoms with E-state index < -0.39 is 6.04 Å². The zero-order valence-corrected chi connectivity index (χ0v) is 7.66. The van der Waals surface area contributed by atoms with Gasteiger partial charge in [-0.2, -0.15) is 0 Å². The molecular formula is C8H15BN2O. The maximum absolute atomic E-state index is 11.5. The van der Waals surface area contributed by atoms with Crippen LogP contribution in [-0.2, 0) is 4.79 Å². The Bertz CT molecular complexity index is 174. The van der Waals surface area contributed by atoms with E-state index in [-0.39, 0.29) is 17.9 Å². The van der Waals surface area contributed by atoms with Gasteiger partial charge >= 0.3 is 0 Å². The molecule has 0 spiro atoms. The van der Waals surface area contributed by atoms with Crippen molar-refractivity contribution < 1.29 is 4.79 Å². The van der Waals surface area contributed by atoms with Crippen LogP contribution in [0.5, 0.6) is 0 Å². The number of carbonyl (C=O) groups excluding carboxylic acids is 1. The van der Waals surface area contributed by atoms with Crippen molar-refractivity contribution in [2.75, 3.05) is 0 Å². The van der Waals surface area contributed by atoms with Crippen molar-refractivity contribution in [2.24, 2.45) is 5.73 Å². The fourth-order valence-electron chi connectivity index (χ4n) is 1.63. The van der Waals surface area contributed by atoms with Crippen molar-refractivity contribution in [2.45, 2.75) is 44.7 Å². The summed E-state index contributed by atoms with van der Waals surface area (Å²) >= 11 is 0. The lowest BCUT2D eigenvalue weighted by molar-refractivity contribution is -0.133. The Hall–Kier alpha value is -0.505. The van der Waals surface area contributed by atoms with Gasteiger partial charge in [0, 0.05) is 6.04 Å². The minimum absolute atomic E-state index is 0.0347. The van der Waals surface area contributed by atoms with E-state index in [0.29, 0.717) is 0 Å². The molecule has 12 heavy (non-hydrogen) atoms. The van der Waals surface area contributed by atoms with Crippen LogP contribution in [0.4, 0.5) is 0 Å².